The van der Waals surface area contributed by atoms with E-state index in [4.69, 9.17) is 0 Å². The first-order valence-electron chi connectivity index (χ1n) is 10.9. The molecule has 1 aliphatic carbocycles. The Balaban J connectivity index is 1.25. The van der Waals surface area contributed by atoms with E-state index in [1.54, 1.807) is 23.5 Å². The number of aryl methyl sites for hydroxylation is 1. The molecule has 164 valence electrons. The molecule has 32 heavy (non-hydrogen) atoms. The van der Waals surface area contributed by atoms with Gasteiger partial charge in [0.15, 0.2) is 0 Å². The Morgan fingerprint density at radius 2 is 1.88 bits per heavy atom. The van der Waals surface area contributed by atoms with Crippen LogP contribution in [0.4, 0.5) is 10.5 Å². The third-order valence-electron chi connectivity index (χ3n) is 6.21. The molecule has 1 aliphatic heterocycles. The van der Waals surface area contributed by atoms with Crippen LogP contribution in [0.1, 0.15) is 37.7 Å². The fourth-order valence-corrected chi connectivity index (χ4v) is 5.58. The third kappa shape index (κ3) is 3.75. The van der Waals surface area contributed by atoms with E-state index in [0.717, 1.165) is 45.0 Å². The number of hydrogen-bond donors (Lipinski definition) is 2. The summed E-state index contributed by atoms with van der Waals surface area (Å²) < 4.78 is 1.14. The van der Waals surface area contributed by atoms with E-state index in [1.165, 1.54) is 5.56 Å². The van der Waals surface area contributed by atoms with Crippen molar-refractivity contribution in [1.29, 1.82) is 0 Å². The van der Waals surface area contributed by atoms with E-state index in [9.17, 15) is 14.4 Å². The second kappa shape index (κ2) is 8.02. The Morgan fingerprint density at radius 3 is 2.62 bits per heavy atom. The molecule has 2 aliphatic rings. The van der Waals surface area contributed by atoms with E-state index in [1.807, 2.05) is 24.3 Å². The van der Waals surface area contributed by atoms with Crippen molar-refractivity contribution in [3.8, 4) is 10.6 Å². The maximum Gasteiger partial charge on any atom is 0.325 e. The second-order valence-corrected chi connectivity index (χ2v) is 9.61. The van der Waals surface area contributed by atoms with Crippen LogP contribution in [0, 0.1) is 6.92 Å². The van der Waals surface area contributed by atoms with Crippen molar-refractivity contribution in [2.45, 2.75) is 44.6 Å². The van der Waals surface area contributed by atoms with Crippen molar-refractivity contribution in [1.82, 2.24) is 15.2 Å². The Bertz CT molecular complexity index is 1210. The number of anilines is 1. The average Bonchev–Trinajstić information content (AvgIpc) is 3.29. The molecule has 1 saturated heterocycles. The summed E-state index contributed by atoms with van der Waals surface area (Å²) in [5.41, 5.74) is 2.93. The molecule has 2 aromatic carbocycles. The number of thiazole rings is 1. The summed E-state index contributed by atoms with van der Waals surface area (Å²) in [5, 5.41) is 6.53. The number of imide groups is 1. The highest BCUT2D eigenvalue weighted by atomic mass is 32.1. The number of rotatable bonds is 4. The molecule has 2 fully saturated rings. The highest BCUT2D eigenvalue weighted by Crippen LogP contribution is 2.34. The smallest absolute Gasteiger partial charge is 0.325 e. The van der Waals surface area contributed by atoms with Gasteiger partial charge in [-0.3, -0.25) is 14.5 Å². The van der Waals surface area contributed by atoms with Gasteiger partial charge in [0, 0.05) is 11.3 Å². The van der Waals surface area contributed by atoms with Crippen LogP contribution in [0.25, 0.3) is 20.8 Å². The molecule has 1 saturated carbocycles. The first-order valence-corrected chi connectivity index (χ1v) is 11.7. The van der Waals surface area contributed by atoms with E-state index < -0.39 is 17.5 Å². The Morgan fingerprint density at radius 1 is 1.12 bits per heavy atom. The highest BCUT2D eigenvalue weighted by molar-refractivity contribution is 7.21. The van der Waals surface area contributed by atoms with Gasteiger partial charge in [0.25, 0.3) is 5.91 Å². The molecule has 3 aromatic rings. The summed E-state index contributed by atoms with van der Waals surface area (Å²) in [6.07, 6.45) is 4.17. The summed E-state index contributed by atoms with van der Waals surface area (Å²) >= 11 is 1.63. The van der Waals surface area contributed by atoms with Gasteiger partial charge in [-0.1, -0.05) is 25.3 Å². The summed E-state index contributed by atoms with van der Waals surface area (Å²) in [5.74, 6) is -0.677. The summed E-state index contributed by atoms with van der Waals surface area (Å²) in [4.78, 5) is 43.4. The average molecular weight is 449 g/mol. The number of benzene rings is 2. The maximum absolute atomic E-state index is 12.8. The Kier molecular flexibility index (Phi) is 5.17. The lowest BCUT2D eigenvalue weighted by atomic mass is 9.82. The molecule has 8 heteroatoms. The molecule has 7 nitrogen and oxygen atoms in total. The molecule has 0 unspecified atom stereocenters. The van der Waals surface area contributed by atoms with Crippen molar-refractivity contribution >= 4 is 45.1 Å². The van der Waals surface area contributed by atoms with Crippen LogP contribution in [0.5, 0.6) is 0 Å². The number of fused-ring (bicyclic) bond motifs is 1. The molecule has 0 bridgehead atoms. The Hall–Kier alpha value is -3.26. The lowest BCUT2D eigenvalue weighted by Crippen LogP contribution is -2.48. The number of nitrogens with zero attached hydrogens (tertiary/aromatic N) is 2. The largest absolute Gasteiger partial charge is 0.325 e. The van der Waals surface area contributed by atoms with Crippen LogP contribution < -0.4 is 10.6 Å². The summed E-state index contributed by atoms with van der Waals surface area (Å²) in [6.45, 7) is 1.77. The predicted molar refractivity (Wildman–Crippen MR) is 124 cm³/mol. The normalized spacial score (nSPS) is 17.7. The van der Waals surface area contributed by atoms with Crippen LogP contribution in [0.3, 0.4) is 0 Å². The van der Waals surface area contributed by atoms with Gasteiger partial charge in [-0.05, 0) is 61.7 Å². The monoisotopic (exact) mass is 448 g/mol. The van der Waals surface area contributed by atoms with Gasteiger partial charge >= 0.3 is 6.03 Å². The maximum atomic E-state index is 12.8. The van der Waals surface area contributed by atoms with E-state index in [2.05, 4.69) is 28.6 Å². The zero-order valence-electron chi connectivity index (χ0n) is 17.8. The van der Waals surface area contributed by atoms with Gasteiger partial charge in [-0.15, -0.1) is 11.3 Å². The van der Waals surface area contributed by atoms with Gasteiger partial charge in [0.1, 0.15) is 17.1 Å². The number of urea groups is 1. The Labute approximate surface area is 189 Å². The quantitative estimate of drug-likeness (QED) is 0.576. The van der Waals surface area contributed by atoms with Crippen LogP contribution in [0.2, 0.25) is 0 Å². The highest BCUT2D eigenvalue weighted by Gasteiger charge is 2.51. The minimum absolute atomic E-state index is 0.279. The van der Waals surface area contributed by atoms with Gasteiger partial charge in [0.2, 0.25) is 5.91 Å². The number of carbonyl (C=O) groups is 3. The molecule has 5 rings (SSSR count). The van der Waals surface area contributed by atoms with E-state index in [-0.39, 0.29) is 12.5 Å². The van der Waals surface area contributed by atoms with E-state index >= 15 is 0 Å². The molecule has 2 heterocycles. The molecule has 2 N–H and O–H groups in total. The molecule has 4 amide bonds. The lowest BCUT2D eigenvalue weighted by Gasteiger charge is -2.30. The summed E-state index contributed by atoms with van der Waals surface area (Å²) in [7, 11) is 0. The van der Waals surface area contributed by atoms with Gasteiger partial charge in [0.05, 0.1) is 10.2 Å². The van der Waals surface area contributed by atoms with Crippen LogP contribution in [-0.4, -0.2) is 39.8 Å². The number of hydrogen-bond acceptors (Lipinski definition) is 5. The number of amides is 4. The lowest BCUT2D eigenvalue weighted by molar-refractivity contribution is -0.134. The van der Waals surface area contributed by atoms with Crippen LogP contribution in [0.15, 0.2) is 42.5 Å². The number of aromatic nitrogens is 1. The van der Waals surface area contributed by atoms with Gasteiger partial charge in [-0.25, -0.2) is 9.78 Å². The second-order valence-electron chi connectivity index (χ2n) is 8.58. The minimum Gasteiger partial charge on any atom is -0.325 e. The molecule has 1 spiro atoms. The first-order chi connectivity index (χ1) is 15.4. The number of nitrogens with one attached hydrogen (secondary N) is 2. The van der Waals surface area contributed by atoms with Crippen molar-refractivity contribution in [2.24, 2.45) is 0 Å². The molecule has 0 radical (unpaired) electrons. The SMILES string of the molecule is Cc1ccc2nc(-c3ccc(NC(=O)CN4C(=O)NC5(CCCCC5)C4=O)cc3)sc2c1. The van der Waals surface area contributed by atoms with Crippen molar-refractivity contribution in [2.75, 3.05) is 11.9 Å². The molecule has 1 aromatic heterocycles. The van der Waals surface area contributed by atoms with Gasteiger partial charge in [-0.2, -0.15) is 0 Å². The minimum atomic E-state index is -0.812. The fourth-order valence-electron chi connectivity index (χ4n) is 4.51. The molecule has 0 atom stereocenters. The van der Waals surface area contributed by atoms with Crippen molar-refractivity contribution < 1.29 is 14.4 Å². The summed E-state index contributed by atoms with van der Waals surface area (Å²) in [6, 6.07) is 13.1. The van der Waals surface area contributed by atoms with Crippen LogP contribution >= 0.6 is 11.3 Å². The topological polar surface area (TPSA) is 91.4 Å². The van der Waals surface area contributed by atoms with Crippen molar-refractivity contribution in [3.63, 3.8) is 0 Å². The third-order valence-corrected chi connectivity index (χ3v) is 7.28. The first kappa shape index (κ1) is 20.6. The van der Waals surface area contributed by atoms with E-state index in [0.29, 0.717) is 18.5 Å². The van der Waals surface area contributed by atoms with Crippen LogP contribution in [-0.2, 0) is 9.59 Å². The zero-order valence-corrected chi connectivity index (χ0v) is 18.6. The predicted octanol–water partition coefficient (Wildman–Crippen LogP) is 4.46. The number of carbonyl (C=O) groups excluding carboxylic acids is 3. The molecular formula is C24H24N4O3S. The van der Waals surface area contributed by atoms with Gasteiger partial charge < -0.3 is 10.6 Å². The standard InChI is InChI=1S/C24H24N4O3S/c1-15-5-10-18-19(13-15)32-21(26-18)16-6-8-17(9-7-16)25-20(29)14-28-22(30)24(27-23(28)31)11-3-2-4-12-24/h5-10,13H,2-4,11-12,14H2,1H3,(H,25,29)(H,27,31). The van der Waals surface area contributed by atoms with Crippen molar-refractivity contribution in [3.05, 3.63) is 48.0 Å². The fraction of sp³-hybridized carbons (Fsp3) is 0.333. The molecular weight excluding hydrogens is 424 g/mol. The zero-order chi connectivity index (χ0) is 22.3.